The Bertz CT molecular complexity index is 594. The van der Waals surface area contributed by atoms with Gasteiger partial charge in [0.05, 0.1) is 19.1 Å². The van der Waals surface area contributed by atoms with Crippen LogP contribution in [0.15, 0.2) is 39.8 Å². The second kappa shape index (κ2) is 5.71. The van der Waals surface area contributed by atoms with Crippen molar-refractivity contribution in [2.24, 2.45) is 0 Å². The molecule has 3 N–H and O–H groups in total. The van der Waals surface area contributed by atoms with Gasteiger partial charge in [0.2, 0.25) is 0 Å². The number of hydrogen-bond acceptors (Lipinski definition) is 5. The summed E-state index contributed by atoms with van der Waals surface area (Å²) in [6, 6.07) is 6.77. The van der Waals surface area contributed by atoms with E-state index in [1.54, 1.807) is 19.2 Å². The van der Waals surface area contributed by atoms with Crippen molar-refractivity contribution in [3.8, 4) is 5.75 Å². The quantitative estimate of drug-likeness (QED) is 0.646. The molecule has 1 aromatic heterocycles. The number of carboxylic acid groups (broad SMARTS) is 1. The lowest BCUT2D eigenvalue weighted by Gasteiger charge is -2.07. The Morgan fingerprint density at radius 3 is 2.95 bits per heavy atom. The Hall–Kier alpha value is -2.08. The number of aromatic carboxylic acids is 1. The summed E-state index contributed by atoms with van der Waals surface area (Å²) < 4.78 is 10.3. The molecule has 1 aromatic carbocycles. The van der Waals surface area contributed by atoms with Crippen LogP contribution >= 0.6 is 11.8 Å². The highest BCUT2D eigenvalue weighted by molar-refractivity contribution is 7.98. The lowest BCUT2D eigenvalue weighted by molar-refractivity contribution is 0.0695. The number of thioether (sulfide) groups is 1. The molecule has 2 aromatic rings. The molecular formula is C13H13NO4S. The van der Waals surface area contributed by atoms with Crippen molar-refractivity contribution >= 4 is 23.4 Å². The van der Waals surface area contributed by atoms with E-state index in [0.717, 1.165) is 4.90 Å². The van der Waals surface area contributed by atoms with Crippen LogP contribution < -0.4 is 10.5 Å². The van der Waals surface area contributed by atoms with Gasteiger partial charge in [0, 0.05) is 10.6 Å². The smallest absolute Gasteiger partial charge is 0.339 e. The second-order valence-corrected chi connectivity index (χ2v) is 4.77. The van der Waals surface area contributed by atoms with Gasteiger partial charge in [0.25, 0.3) is 0 Å². The van der Waals surface area contributed by atoms with Gasteiger partial charge < -0.3 is 20.0 Å². The second-order valence-electron chi connectivity index (χ2n) is 3.76. The minimum absolute atomic E-state index is 0.175. The van der Waals surface area contributed by atoms with Crippen LogP contribution in [0.4, 0.5) is 5.69 Å². The van der Waals surface area contributed by atoms with Crippen molar-refractivity contribution in [3.05, 3.63) is 41.9 Å². The Balaban J connectivity index is 2.14. The number of nitrogens with two attached hydrogens (primary N) is 1. The van der Waals surface area contributed by atoms with Crippen LogP contribution in [-0.4, -0.2) is 18.2 Å². The van der Waals surface area contributed by atoms with Gasteiger partial charge in [0.15, 0.2) is 0 Å². The highest BCUT2D eigenvalue weighted by atomic mass is 32.2. The minimum Gasteiger partial charge on any atom is -0.497 e. The molecule has 0 saturated carbocycles. The summed E-state index contributed by atoms with van der Waals surface area (Å²) in [4.78, 5) is 11.8. The van der Waals surface area contributed by atoms with Gasteiger partial charge in [-0.15, -0.1) is 11.8 Å². The van der Waals surface area contributed by atoms with Gasteiger partial charge >= 0.3 is 5.97 Å². The van der Waals surface area contributed by atoms with Crippen LogP contribution in [0.2, 0.25) is 0 Å². The zero-order valence-corrected chi connectivity index (χ0v) is 11.1. The van der Waals surface area contributed by atoms with E-state index in [-0.39, 0.29) is 5.56 Å². The zero-order chi connectivity index (χ0) is 13.8. The number of carboxylic acids is 1. The highest BCUT2D eigenvalue weighted by Crippen LogP contribution is 2.32. The van der Waals surface area contributed by atoms with E-state index in [2.05, 4.69) is 0 Å². The van der Waals surface area contributed by atoms with Crippen molar-refractivity contribution in [2.45, 2.75) is 10.6 Å². The molecule has 5 nitrogen and oxygen atoms in total. The van der Waals surface area contributed by atoms with Gasteiger partial charge in [-0.2, -0.15) is 0 Å². The predicted octanol–water partition coefficient (Wildman–Crippen LogP) is 2.86. The third-order valence-corrected chi connectivity index (χ3v) is 3.63. The molecule has 0 aliphatic heterocycles. The van der Waals surface area contributed by atoms with Gasteiger partial charge in [-0.05, 0) is 24.3 Å². The highest BCUT2D eigenvalue weighted by Gasteiger charge is 2.14. The topological polar surface area (TPSA) is 85.7 Å². The Morgan fingerprint density at radius 2 is 2.26 bits per heavy atom. The van der Waals surface area contributed by atoms with Crippen LogP contribution in [0.1, 0.15) is 16.1 Å². The Labute approximate surface area is 114 Å². The van der Waals surface area contributed by atoms with Crippen LogP contribution in [0.3, 0.4) is 0 Å². The van der Waals surface area contributed by atoms with E-state index >= 15 is 0 Å². The van der Waals surface area contributed by atoms with E-state index in [9.17, 15) is 4.79 Å². The van der Waals surface area contributed by atoms with Crippen molar-refractivity contribution < 1.29 is 19.1 Å². The molecule has 0 atom stereocenters. The van der Waals surface area contributed by atoms with E-state index in [0.29, 0.717) is 22.9 Å². The van der Waals surface area contributed by atoms with E-state index < -0.39 is 5.97 Å². The fourth-order valence-corrected chi connectivity index (χ4v) is 2.50. The number of hydrogen-bond donors (Lipinski definition) is 2. The van der Waals surface area contributed by atoms with E-state index in [4.69, 9.17) is 20.0 Å². The average Bonchev–Trinajstić information content (AvgIpc) is 2.86. The van der Waals surface area contributed by atoms with Crippen molar-refractivity contribution in [2.75, 3.05) is 12.8 Å². The molecule has 6 heteroatoms. The van der Waals surface area contributed by atoms with Crippen LogP contribution in [0, 0.1) is 0 Å². The summed E-state index contributed by atoms with van der Waals surface area (Å²) in [5.41, 5.74) is 6.65. The van der Waals surface area contributed by atoms with E-state index in [1.807, 2.05) is 6.07 Å². The molecule has 1 heterocycles. The molecule has 0 saturated heterocycles. The van der Waals surface area contributed by atoms with Crippen molar-refractivity contribution in [1.82, 2.24) is 0 Å². The first-order chi connectivity index (χ1) is 9.11. The predicted molar refractivity (Wildman–Crippen MR) is 72.6 cm³/mol. The number of anilines is 1. The summed E-state index contributed by atoms with van der Waals surface area (Å²) in [5, 5.41) is 8.97. The van der Waals surface area contributed by atoms with Crippen LogP contribution in [0.5, 0.6) is 5.75 Å². The molecule has 0 amide bonds. The maximum absolute atomic E-state index is 10.9. The molecular weight excluding hydrogens is 266 g/mol. The molecule has 100 valence electrons. The first-order valence-corrected chi connectivity index (χ1v) is 6.46. The molecule has 0 fully saturated rings. The maximum Gasteiger partial charge on any atom is 0.339 e. The first kappa shape index (κ1) is 13.4. The van der Waals surface area contributed by atoms with Crippen molar-refractivity contribution in [3.63, 3.8) is 0 Å². The van der Waals surface area contributed by atoms with E-state index in [1.165, 1.54) is 24.1 Å². The third-order valence-electron chi connectivity index (χ3n) is 2.56. The average molecular weight is 279 g/mol. The third kappa shape index (κ3) is 3.03. The maximum atomic E-state index is 10.9. The van der Waals surface area contributed by atoms with Crippen LogP contribution in [-0.2, 0) is 5.75 Å². The summed E-state index contributed by atoms with van der Waals surface area (Å²) in [5.74, 6) is 0.517. The molecule has 0 aliphatic rings. The number of rotatable bonds is 5. The number of carbonyl (C=O) groups is 1. The fraction of sp³-hybridized carbons (Fsp3) is 0.154. The minimum atomic E-state index is -0.997. The van der Waals surface area contributed by atoms with Gasteiger partial charge in [0.1, 0.15) is 17.1 Å². The summed E-state index contributed by atoms with van der Waals surface area (Å²) >= 11 is 1.40. The molecule has 19 heavy (non-hydrogen) atoms. The Kier molecular flexibility index (Phi) is 4.01. The molecule has 0 spiro atoms. The normalized spacial score (nSPS) is 10.4. The zero-order valence-electron chi connectivity index (χ0n) is 10.3. The van der Waals surface area contributed by atoms with Crippen LogP contribution in [0.25, 0.3) is 0 Å². The largest absolute Gasteiger partial charge is 0.497 e. The number of furan rings is 1. The monoisotopic (exact) mass is 279 g/mol. The number of ether oxygens (including phenoxy) is 1. The molecule has 0 bridgehead atoms. The SMILES string of the molecule is COc1ccc(N)c(SCc2occc2C(=O)O)c1. The lowest BCUT2D eigenvalue weighted by Crippen LogP contribution is -1.98. The number of nitrogen functional groups attached to an aromatic ring is 1. The fourth-order valence-electron chi connectivity index (χ4n) is 1.55. The molecule has 2 rings (SSSR count). The van der Waals surface area contributed by atoms with Gasteiger partial charge in [-0.25, -0.2) is 4.79 Å². The van der Waals surface area contributed by atoms with Crippen molar-refractivity contribution in [1.29, 1.82) is 0 Å². The summed E-state index contributed by atoms with van der Waals surface area (Å²) in [6.45, 7) is 0. The molecule has 0 aliphatic carbocycles. The summed E-state index contributed by atoms with van der Waals surface area (Å²) in [6.07, 6.45) is 1.37. The molecule has 0 radical (unpaired) electrons. The van der Waals surface area contributed by atoms with Gasteiger partial charge in [-0.3, -0.25) is 0 Å². The summed E-state index contributed by atoms with van der Waals surface area (Å²) in [7, 11) is 1.58. The number of benzene rings is 1. The standard InChI is InChI=1S/C13H13NO4S/c1-17-8-2-3-10(14)12(6-8)19-7-11-9(13(15)16)4-5-18-11/h2-6H,7,14H2,1H3,(H,15,16). The van der Waals surface area contributed by atoms with Gasteiger partial charge in [-0.1, -0.05) is 0 Å². The lowest BCUT2D eigenvalue weighted by atomic mass is 10.3. The molecule has 0 unspecified atom stereocenters. The first-order valence-electron chi connectivity index (χ1n) is 5.47. The Morgan fingerprint density at radius 1 is 1.47 bits per heavy atom. The number of methoxy groups -OCH3 is 1.